The maximum absolute atomic E-state index is 10.3. The van der Waals surface area contributed by atoms with E-state index in [1.807, 2.05) is 0 Å². The third-order valence-electron chi connectivity index (χ3n) is 1.69. The van der Waals surface area contributed by atoms with Crippen molar-refractivity contribution in [3.05, 3.63) is 0 Å². The lowest BCUT2D eigenvalue weighted by Crippen LogP contribution is -2.51. The Kier molecular flexibility index (Phi) is 2.63. The van der Waals surface area contributed by atoms with Crippen molar-refractivity contribution in [2.75, 3.05) is 0 Å². The lowest BCUT2D eigenvalue weighted by Gasteiger charge is -2.32. The molecule has 4 N–H and O–H groups in total. The second-order valence-corrected chi connectivity index (χ2v) is 2.64. The fourth-order valence-electron chi connectivity index (χ4n) is 1.06. The molecule has 0 bridgehead atoms. The molecule has 1 aliphatic heterocycles. The van der Waals surface area contributed by atoms with Crippen molar-refractivity contribution in [3.8, 4) is 0 Å². The molecule has 0 radical (unpaired) electrons. The molecule has 70 valence electrons. The van der Waals surface area contributed by atoms with Crippen LogP contribution in [0.5, 0.6) is 0 Å². The average Bonchev–Trinajstić information content (AvgIpc) is 1.96. The van der Waals surface area contributed by atoms with Gasteiger partial charge in [-0.05, 0) is 0 Å². The molecule has 6 heteroatoms. The van der Waals surface area contributed by atoms with Crippen LogP contribution in [-0.2, 0) is 9.53 Å². The number of hydrogen-bond acceptors (Lipinski definition) is 5. The zero-order valence-electron chi connectivity index (χ0n) is 6.12. The fourth-order valence-corrected chi connectivity index (χ4v) is 1.06. The van der Waals surface area contributed by atoms with Crippen molar-refractivity contribution in [2.45, 2.75) is 31.0 Å². The van der Waals surface area contributed by atoms with Gasteiger partial charge in [-0.25, -0.2) is 4.79 Å². The van der Waals surface area contributed by atoms with Crippen molar-refractivity contribution < 1.29 is 30.0 Å². The SMILES string of the molecule is O=C(O)C1OC(O)C[C@@H](O)C1O. The minimum Gasteiger partial charge on any atom is -0.479 e. The summed E-state index contributed by atoms with van der Waals surface area (Å²) in [4.78, 5) is 10.3. The predicted octanol–water partition coefficient (Wildman–Crippen LogP) is -2.10. The molecule has 3 unspecified atom stereocenters. The van der Waals surface area contributed by atoms with E-state index in [-0.39, 0.29) is 6.42 Å². The van der Waals surface area contributed by atoms with Gasteiger partial charge < -0.3 is 25.2 Å². The summed E-state index contributed by atoms with van der Waals surface area (Å²) >= 11 is 0. The van der Waals surface area contributed by atoms with Crippen LogP contribution in [0.3, 0.4) is 0 Å². The molecular formula is C6H10O6. The minimum atomic E-state index is -1.55. The van der Waals surface area contributed by atoms with E-state index in [4.69, 9.17) is 20.4 Å². The van der Waals surface area contributed by atoms with Crippen LogP contribution in [-0.4, -0.2) is 51.0 Å². The number of ether oxygens (including phenoxy) is 1. The molecule has 0 aliphatic carbocycles. The molecular weight excluding hydrogens is 168 g/mol. The monoisotopic (exact) mass is 178 g/mol. The Labute approximate surface area is 68.0 Å². The molecule has 0 aromatic rings. The van der Waals surface area contributed by atoms with Crippen LogP contribution in [0.1, 0.15) is 6.42 Å². The second kappa shape index (κ2) is 3.36. The van der Waals surface area contributed by atoms with Crippen LogP contribution in [0.4, 0.5) is 0 Å². The Bertz CT molecular complexity index is 181. The van der Waals surface area contributed by atoms with Gasteiger partial charge in [-0.2, -0.15) is 0 Å². The first-order valence-corrected chi connectivity index (χ1v) is 3.45. The highest BCUT2D eigenvalue weighted by Crippen LogP contribution is 2.18. The highest BCUT2D eigenvalue weighted by Gasteiger charge is 2.40. The maximum Gasteiger partial charge on any atom is 0.335 e. The van der Waals surface area contributed by atoms with Crippen molar-refractivity contribution in [1.29, 1.82) is 0 Å². The van der Waals surface area contributed by atoms with Crippen LogP contribution in [0.2, 0.25) is 0 Å². The van der Waals surface area contributed by atoms with Gasteiger partial charge in [0.15, 0.2) is 12.4 Å². The lowest BCUT2D eigenvalue weighted by atomic mass is 10.0. The molecule has 1 aliphatic rings. The molecule has 12 heavy (non-hydrogen) atoms. The molecule has 0 saturated carbocycles. The highest BCUT2D eigenvalue weighted by atomic mass is 16.6. The summed E-state index contributed by atoms with van der Waals surface area (Å²) in [6.45, 7) is 0. The Hall–Kier alpha value is -0.690. The third kappa shape index (κ3) is 1.72. The summed E-state index contributed by atoms with van der Waals surface area (Å²) in [5.74, 6) is -1.40. The summed E-state index contributed by atoms with van der Waals surface area (Å²) in [5.41, 5.74) is 0. The first-order chi connectivity index (χ1) is 5.52. The first kappa shape index (κ1) is 9.40. The molecule has 4 atom stereocenters. The summed E-state index contributed by atoms with van der Waals surface area (Å²) < 4.78 is 4.48. The van der Waals surface area contributed by atoms with Crippen LogP contribution in [0.15, 0.2) is 0 Å². The zero-order chi connectivity index (χ0) is 9.30. The summed E-state index contributed by atoms with van der Waals surface area (Å²) in [5, 5.41) is 35.4. The smallest absolute Gasteiger partial charge is 0.335 e. The van der Waals surface area contributed by atoms with Crippen molar-refractivity contribution in [3.63, 3.8) is 0 Å². The molecule has 0 aromatic carbocycles. The third-order valence-corrected chi connectivity index (χ3v) is 1.69. The van der Waals surface area contributed by atoms with E-state index in [0.29, 0.717) is 0 Å². The molecule has 0 aromatic heterocycles. The van der Waals surface area contributed by atoms with Crippen LogP contribution < -0.4 is 0 Å². The highest BCUT2D eigenvalue weighted by molar-refractivity contribution is 5.73. The minimum absolute atomic E-state index is 0.176. The number of aliphatic carboxylic acids is 1. The van der Waals surface area contributed by atoms with E-state index >= 15 is 0 Å². The van der Waals surface area contributed by atoms with E-state index < -0.39 is 30.6 Å². The van der Waals surface area contributed by atoms with E-state index in [2.05, 4.69) is 4.74 Å². The number of aliphatic hydroxyl groups is 3. The Balaban J connectivity index is 2.66. The Morgan fingerprint density at radius 1 is 1.33 bits per heavy atom. The van der Waals surface area contributed by atoms with Gasteiger partial charge in [-0.1, -0.05) is 0 Å². The zero-order valence-corrected chi connectivity index (χ0v) is 6.12. The Morgan fingerprint density at radius 3 is 2.42 bits per heavy atom. The average molecular weight is 178 g/mol. The number of carboxylic acid groups (broad SMARTS) is 1. The molecule has 1 heterocycles. The number of aliphatic hydroxyl groups excluding tert-OH is 3. The van der Waals surface area contributed by atoms with Gasteiger partial charge in [0.25, 0.3) is 0 Å². The van der Waals surface area contributed by atoms with E-state index in [0.717, 1.165) is 0 Å². The molecule has 0 amide bonds. The number of carbonyl (C=O) groups is 1. The fraction of sp³-hybridized carbons (Fsp3) is 0.833. The molecule has 1 fully saturated rings. The van der Waals surface area contributed by atoms with Gasteiger partial charge in [-0.15, -0.1) is 0 Å². The first-order valence-electron chi connectivity index (χ1n) is 3.45. The van der Waals surface area contributed by atoms with Crippen molar-refractivity contribution in [1.82, 2.24) is 0 Å². The summed E-state index contributed by atoms with van der Waals surface area (Å²) in [6, 6.07) is 0. The van der Waals surface area contributed by atoms with E-state index in [1.165, 1.54) is 0 Å². The second-order valence-electron chi connectivity index (χ2n) is 2.64. The molecule has 1 saturated heterocycles. The predicted molar refractivity (Wildman–Crippen MR) is 35.1 cm³/mol. The van der Waals surface area contributed by atoms with Gasteiger partial charge in [0, 0.05) is 6.42 Å². The quantitative estimate of drug-likeness (QED) is 0.366. The normalized spacial score (nSPS) is 42.6. The van der Waals surface area contributed by atoms with Gasteiger partial charge >= 0.3 is 5.97 Å². The van der Waals surface area contributed by atoms with Gasteiger partial charge in [-0.3, -0.25) is 0 Å². The van der Waals surface area contributed by atoms with E-state index in [1.54, 1.807) is 0 Å². The van der Waals surface area contributed by atoms with Gasteiger partial charge in [0.2, 0.25) is 0 Å². The lowest BCUT2D eigenvalue weighted by molar-refractivity contribution is -0.236. The largest absolute Gasteiger partial charge is 0.479 e. The number of rotatable bonds is 1. The van der Waals surface area contributed by atoms with Crippen LogP contribution in [0.25, 0.3) is 0 Å². The molecule has 6 nitrogen and oxygen atoms in total. The maximum atomic E-state index is 10.3. The van der Waals surface area contributed by atoms with Crippen LogP contribution in [0, 0.1) is 0 Å². The standard InChI is InChI=1S/C6H10O6/c7-2-1-3(8)12-5(4(2)9)6(10)11/h2-5,7-9H,1H2,(H,10,11)/t2-,3?,4?,5?/m1/s1. The topological polar surface area (TPSA) is 107 Å². The van der Waals surface area contributed by atoms with Gasteiger partial charge in [0.1, 0.15) is 6.10 Å². The Morgan fingerprint density at radius 2 is 1.92 bits per heavy atom. The van der Waals surface area contributed by atoms with E-state index in [9.17, 15) is 4.79 Å². The summed E-state index contributed by atoms with van der Waals surface area (Å²) in [6.07, 6.45) is -5.79. The van der Waals surface area contributed by atoms with Crippen LogP contribution >= 0.6 is 0 Å². The molecule has 1 rings (SSSR count). The van der Waals surface area contributed by atoms with Crippen molar-refractivity contribution >= 4 is 5.97 Å². The summed E-state index contributed by atoms with van der Waals surface area (Å²) in [7, 11) is 0. The number of hydrogen-bond donors (Lipinski definition) is 4. The van der Waals surface area contributed by atoms with Gasteiger partial charge in [0.05, 0.1) is 6.10 Å². The number of carboxylic acids is 1. The van der Waals surface area contributed by atoms with Crippen molar-refractivity contribution in [2.24, 2.45) is 0 Å². The molecule has 0 spiro atoms.